The molecule has 1 unspecified atom stereocenters. The summed E-state index contributed by atoms with van der Waals surface area (Å²) < 4.78 is 0. The molecule has 0 saturated heterocycles. The van der Waals surface area contributed by atoms with Crippen molar-refractivity contribution >= 4 is 22.8 Å². The fourth-order valence-corrected chi connectivity index (χ4v) is 2.88. The highest BCUT2D eigenvalue weighted by molar-refractivity contribution is 6.06. The highest BCUT2D eigenvalue weighted by Gasteiger charge is 2.29. The van der Waals surface area contributed by atoms with Gasteiger partial charge in [-0.1, -0.05) is 36.4 Å². The summed E-state index contributed by atoms with van der Waals surface area (Å²) >= 11 is 0. The largest absolute Gasteiger partial charge is 0.352 e. The van der Waals surface area contributed by atoms with Crippen LogP contribution in [0.3, 0.4) is 0 Å². The molecule has 1 aliphatic carbocycles. The van der Waals surface area contributed by atoms with Crippen LogP contribution >= 0.6 is 0 Å². The number of H-pyrrole nitrogens is 1. The lowest BCUT2D eigenvalue weighted by atomic mass is 10.0. The molecule has 132 valence electrons. The van der Waals surface area contributed by atoms with Crippen molar-refractivity contribution in [1.82, 2.24) is 26.0 Å². The number of para-hydroxylation sites is 1. The third-order valence-electron chi connectivity index (χ3n) is 4.42. The van der Waals surface area contributed by atoms with Crippen molar-refractivity contribution in [2.45, 2.75) is 31.3 Å². The normalized spacial score (nSPS) is 14.8. The summed E-state index contributed by atoms with van der Waals surface area (Å²) in [6, 6.07) is 14.4. The monoisotopic (exact) mass is 349 g/mol. The first-order valence-electron chi connectivity index (χ1n) is 8.65. The Bertz CT molecular complexity index is 933. The molecule has 1 heterocycles. The quantitative estimate of drug-likeness (QED) is 0.629. The van der Waals surface area contributed by atoms with Crippen molar-refractivity contribution in [1.29, 1.82) is 0 Å². The summed E-state index contributed by atoms with van der Waals surface area (Å²) in [5.74, 6) is -0.492. The van der Waals surface area contributed by atoms with Crippen LogP contribution in [0.5, 0.6) is 0 Å². The number of nitrogens with zero attached hydrogens (tertiary/aromatic N) is 2. The number of nitrogens with one attached hydrogen (secondary N) is 3. The summed E-state index contributed by atoms with van der Waals surface area (Å²) in [7, 11) is 0. The molecule has 0 radical (unpaired) electrons. The molecule has 1 fully saturated rings. The van der Waals surface area contributed by atoms with Gasteiger partial charge in [-0.25, -0.2) is 0 Å². The van der Waals surface area contributed by atoms with E-state index in [1.807, 2.05) is 30.3 Å². The first-order valence-corrected chi connectivity index (χ1v) is 8.65. The van der Waals surface area contributed by atoms with Gasteiger partial charge >= 0.3 is 0 Å². The van der Waals surface area contributed by atoms with Crippen LogP contribution in [0.4, 0.5) is 0 Å². The lowest BCUT2D eigenvalue weighted by Crippen LogP contribution is -2.48. The SMILES string of the molecule is O=C(NC(Cc1ccccc1)C(=O)NC1CC1)c1cccc2n[nH]nc12. The molecule has 7 nitrogen and oxygen atoms in total. The Morgan fingerprint density at radius 1 is 1.08 bits per heavy atom. The molecule has 26 heavy (non-hydrogen) atoms. The number of amides is 2. The van der Waals surface area contributed by atoms with E-state index in [1.54, 1.807) is 18.2 Å². The summed E-state index contributed by atoms with van der Waals surface area (Å²) in [5.41, 5.74) is 2.49. The van der Waals surface area contributed by atoms with Gasteiger partial charge in [0.2, 0.25) is 5.91 Å². The minimum absolute atomic E-state index is 0.156. The predicted octanol–water partition coefficient (Wildman–Crippen LogP) is 1.58. The number of carbonyl (C=O) groups excluding carboxylic acids is 2. The zero-order valence-corrected chi connectivity index (χ0v) is 14.1. The van der Waals surface area contributed by atoms with Gasteiger partial charge in [0.05, 0.1) is 5.56 Å². The van der Waals surface area contributed by atoms with Crippen LogP contribution in [0.15, 0.2) is 48.5 Å². The molecule has 2 aromatic carbocycles. The Labute approximate surface area is 150 Å². The zero-order chi connectivity index (χ0) is 17.9. The number of carbonyl (C=O) groups is 2. The van der Waals surface area contributed by atoms with Crippen LogP contribution < -0.4 is 10.6 Å². The second-order valence-corrected chi connectivity index (χ2v) is 6.50. The fraction of sp³-hybridized carbons (Fsp3) is 0.263. The molecule has 0 aliphatic heterocycles. The highest BCUT2D eigenvalue weighted by atomic mass is 16.2. The Balaban J connectivity index is 1.55. The van der Waals surface area contributed by atoms with E-state index in [2.05, 4.69) is 26.0 Å². The molecule has 7 heteroatoms. The van der Waals surface area contributed by atoms with Gasteiger partial charge in [-0.15, -0.1) is 0 Å². The lowest BCUT2D eigenvalue weighted by Gasteiger charge is -2.18. The van der Waals surface area contributed by atoms with Crippen LogP contribution in [0.25, 0.3) is 11.0 Å². The van der Waals surface area contributed by atoms with E-state index in [9.17, 15) is 9.59 Å². The van der Waals surface area contributed by atoms with E-state index in [0.29, 0.717) is 23.0 Å². The van der Waals surface area contributed by atoms with Gasteiger partial charge in [-0.3, -0.25) is 9.59 Å². The Morgan fingerprint density at radius 3 is 2.65 bits per heavy atom. The summed E-state index contributed by atoms with van der Waals surface area (Å²) in [5, 5.41) is 16.4. The van der Waals surface area contributed by atoms with Gasteiger partial charge in [0.25, 0.3) is 5.91 Å². The van der Waals surface area contributed by atoms with Gasteiger partial charge in [0.1, 0.15) is 17.1 Å². The van der Waals surface area contributed by atoms with Gasteiger partial charge in [0.15, 0.2) is 0 Å². The molecule has 0 bridgehead atoms. The van der Waals surface area contributed by atoms with Gasteiger partial charge in [0, 0.05) is 12.5 Å². The van der Waals surface area contributed by atoms with E-state index in [1.165, 1.54) is 0 Å². The third kappa shape index (κ3) is 3.56. The van der Waals surface area contributed by atoms with Crippen molar-refractivity contribution < 1.29 is 9.59 Å². The van der Waals surface area contributed by atoms with Crippen molar-refractivity contribution in [2.75, 3.05) is 0 Å². The molecule has 4 rings (SSSR count). The van der Waals surface area contributed by atoms with E-state index in [0.717, 1.165) is 18.4 Å². The smallest absolute Gasteiger partial charge is 0.254 e. The first-order chi connectivity index (χ1) is 12.7. The van der Waals surface area contributed by atoms with Crippen LogP contribution in [-0.4, -0.2) is 39.3 Å². The number of rotatable bonds is 6. The van der Waals surface area contributed by atoms with E-state index < -0.39 is 6.04 Å². The Morgan fingerprint density at radius 2 is 1.88 bits per heavy atom. The molecule has 1 aliphatic rings. The Kier molecular flexibility index (Phi) is 4.35. The minimum Gasteiger partial charge on any atom is -0.352 e. The standard InChI is InChI=1S/C19H19N5O2/c25-18(14-7-4-8-15-17(14)23-24-22-15)21-16(19(26)20-13-9-10-13)11-12-5-2-1-3-6-12/h1-8,13,16H,9-11H2,(H,20,26)(H,21,25)(H,22,23,24). The van der Waals surface area contributed by atoms with Crippen LogP contribution in [-0.2, 0) is 11.2 Å². The fourth-order valence-electron chi connectivity index (χ4n) is 2.88. The van der Waals surface area contributed by atoms with Crippen LogP contribution in [0, 0.1) is 0 Å². The third-order valence-corrected chi connectivity index (χ3v) is 4.42. The van der Waals surface area contributed by atoms with Gasteiger partial charge in [-0.2, -0.15) is 15.4 Å². The number of fused-ring (bicyclic) bond motifs is 1. The molecule has 1 saturated carbocycles. The van der Waals surface area contributed by atoms with Gasteiger partial charge in [-0.05, 0) is 30.5 Å². The lowest BCUT2D eigenvalue weighted by molar-refractivity contribution is -0.123. The second kappa shape index (κ2) is 6.95. The first kappa shape index (κ1) is 16.3. The minimum atomic E-state index is -0.646. The molecular weight excluding hydrogens is 330 g/mol. The molecular formula is C19H19N5O2. The average molecular weight is 349 g/mol. The van der Waals surface area contributed by atoms with Crippen molar-refractivity contribution in [3.8, 4) is 0 Å². The maximum Gasteiger partial charge on any atom is 0.254 e. The molecule has 1 aromatic heterocycles. The zero-order valence-electron chi connectivity index (χ0n) is 14.1. The van der Waals surface area contributed by atoms with E-state index in [-0.39, 0.29) is 17.9 Å². The molecule has 0 spiro atoms. The maximum atomic E-state index is 12.8. The maximum absolute atomic E-state index is 12.8. The number of aromatic amines is 1. The number of hydrogen-bond donors (Lipinski definition) is 3. The predicted molar refractivity (Wildman–Crippen MR) is 96.5 cm³/mol. The Hall–Kier alpha value is -3.22. The average Bonchev–Trinajstić information content (AvgIpc) is 3.33. The van der Waals surface area contributed by atoms with Gasteiger partial charge < -0.3 is 10.6 Å². The van der Waals surface area contributed by atoms with E-state index >= 15 is 0 Å². The van der Waals surface area contributed by atoms with Crippen molar-refractivity contribution in [3.05, 3.63) is 59.7 Å². The highest BCUT2D eigenvalue weighted by Crippen LogP contribution is 2.19. The molecule has 1 atom stereocenters. The molecule has 2 amide bonds. The molecule has 3 N–H and O–H groups in total. The summed E-state index contributed by atoms with van der Waals surface area (Å²) in [6.45, 7) is 0. The van der Waals surface area contributed by atoms with Crippen molar-refractivity contribution in [3.63, 3.8) is 0 Å². The summed E-state index contributed by atoms with van der Waals surface area (Å²) in [6.07, 6.45) is 2.42. The number of hydrogen-bond acceptors (Lipinski definition) is 4. The summed E-state index contributed by atoms with van der Waals surface area (Å²) in [4.78, 5) is 25.4. The van der Waals surface area contributed by atoms with Crippen LogP contribution in [0.2, 0.25) is 0 Å². The molecule has 3 aromatic rings. The second-order valence-electron chi connectivity index (χ2n) is 6.50. The van der Waals surface area contributed by atoms with Crippen LogP contribution in [0.1, 0.15) is 28.8 Å². The van der Waals surface area contributed by atoms with E-state index in [4.69, 9.17) is 0 Å². The van der Waals surface area contributed by atoms with Crippen molar-refractivity contribution in [2.24, 2.45) is 0 Å². The number of benzene rings is 2. The number of aromatic nitrogens is 3. The topological polar surface area (TPSA) is 99.8 Å².